The second kappa shape index (κ2) is 5.42. The minimum Gasteiger partial charge on any atom is -0.377 e. The standard InChI is InChI=1S/C11H22N2O3/c1-3-7-5-8-9(6-16-7)12-13-10(8)11(14)15-4-2/h7-14H,3-6H2,1-2H3. The van der Waals surface area contributed by atoms with Crippen molar-refractivity contribution in [3.05, 3.63) is 0 Å². The van der Waals surface area contributed by atoms with E-state index in [0.29, 0.717) is 31.3 Å². The monoisotopic (exact) mass is 230 g/mol. The molecule has 2 fully saturated rings. The molecule has 0 amide bonds. The first kappa shape index (κ1) is 12.3. The second-order valence-electron chi connectivity index (χ2n) is 4.53. The van der Waals surface area contributed by atoms with Crippen LogP contribution in [-0.4, -0.2) is 42.8 Å². The molecule has 94 valence electrons. The molecule has 0 radical (unpaired) electrons. The van der Waals surface area contributed by atoms with Crippen LogP contribution in [0, 0.1) is 5.92 Å². The van der Waals surface area contributed by atoms with Gasteiger partial charge in [0.15, 0.2) is 6.29 Å². The van der Waals surface area contributed by atoms with Gasteiger partial charge in [-0.3, -0.25) is 5.43 Å². The van der Waals surface area contributed by atoms with Crippen LogP contribution in [0.2, 0.25) is 0 Å². The molecule has 5 unspecified atom stereocenters. The lowest BCUT2D eigenvalue weighted by Gasteiger charge is -2.34. The number of nitrogens with one attached hydrogen (secondary N) is 2. The summed E-state index contributed by atoms with van der Waals surface area (Å²) in [5.74, 6) is 0.389. The number of rotatable bonds is 4. The molecule has 0 aromatic heterocycles. The van der Waals surface area contributed by atoms with Crippen molar-refractivity contribution < 1.29 is 14.6 Å². The third kappa shape index (κ3) is 2.38. The topological polar surface area (TPSA) is 62.8 Å². The van der Waals surface area contributed by atoms with Crippen LogP contribution >= 0.6 is 0 Å². The Bertz CT molecular complexity index is 227. The number of fused-ring (bicyclic) bond motifs is 1. The first-order chi connectivity index (χ1) is 7.76. The van der Waals surface area contributed by atoms with Crippen LogP contribution in [0.5, 0.6) is 0 Å². The Balaban J connectivity index is 1.95. The summed E-state index contributed by atoms with van der Waals surface area (Å²) in [4.78, 5) is 0. The van der Waals surface area contributed by atoms with Crippen LogP contribution in [0.25, 0.3) is 0 Å². The highest BCUT2D eigenvalue weighted by molar-refractivity contribution is 4.95. The molecular formula is C11H22N2O3. The first-order valence-electron chi connectivity index (χ1n) is 6.18. The summed E-state index contributed by atoms with van der Waals surface area (Å²) in [6.45, 7) is 5.27. The van der Waals surface area contributed by atoms with Crippen molar-refractivity contribution in [2.75, 3.05) is 13.2 Å². The van der Waals surface area contributed by atoms with E-state index < -0.39 is 6.29 Å². The zero-order chi connectivity index (χ0) is 11.5. The number of hydrazine groups is 1. The van der Waals surface area contributed by atoms with E-state index in [2.05, 4.69) is 17.8 Å². The van der Waals surface area contributed by atoms with Crippen molar-refractivity contribution in [1.29, 1.82) is 0 Å². The fraction of sp³-hybridized carbons (Fsp3) is 1.00. The van der Waals surface area contributed by atoms with E-state index in [0.717, 1.165) is 12.8 Å². The molecule has 16 heavy (non-hydrogen) atoms. The van der Waals surface area contributed by atoms with Crippen LogP contribution in [0.1, 0.15) is 26.7 Å². The van der Waals surface area contributed by atoms with Crippen molar-refractivity contribution >= 4 is 0 Å². The summed E-state index contributed by atoms with van der Waals surface area (Å²) < 4.78 is 11.0. The Hall–Kier alpha value is -0.200. The van der Waals surface area contributed by atoms with Crippen LogP contribution in [0.15, 0.2) is 0 Å². The number of aliphatic hydroxyl groups excluding tert-OH is 1. The maximum Gasteiger partial charge on any atom is 0.171 e. The lowest BCUT2D eigenvalue weighted by atomic mass is 9.86. The zero-order valence-electron chi connectivity index (χ0n) is 9.98. The predicted molar refractivity (Wildman–Crippen MR) is 59.6 cm³/mol. The van der Waals surface area contributed by atoms with Gasteiger partial charge in [0, 0.05) is 18.6 Å². The maximum absolute atomic E-state index is 9.88. The summed E-state index contributed by atoms with van der Waals surface area (Å²) >= 11 is 0. The number of hydrogen-bond acceptors (Lipinski definition) is 5. The van der Waals surface area contributed by atoms with Crippen molar-refractivity contribution in [1.82, 2.24) is 10.9 Å². The molecule has 5 heteroatoms. The van der Waals surface area contributed by atoms with Crippen LogP contribution in [0.3, 0.4) is 0 Å². The maximum atomic E-state index is 9.88. The van der Waals surface area contributed by atoms with Crippen LogP contribution < -0.4 is 10.9 Å². The summed E-state index contributed by atoms with van der Waals surface area (Å²) in [5.41, 5.74) is 6.30. The normalized spacial score (nSPS) is 40.7. The molecule has 0 aliphatic carbocycles. The van der Waals surface area contributed by atoms with Gasteiger partial charge in [-0.1, -0.05) is 6.92 Å². The van der Waals surface area contributed by atoms with E-state index in [1.165, 1.54) is 0 Å². The second-order valence-corrected chi connectivity index (χ2v) is 4.53. The largest absolute Gasteiger partial charge is 0.377 e. The third-order valence-corrected chi connectivity index (χ3v) is 3.56. The highest BCUT2D eigenvalue weighted by atomic mass is 16.6. The van der Waals surface area contributed by atoms with E-state index in [4.69, 9.17) is 9.47 Å². The van der Waals surface area contributed by atoms with E-state index in [-0.39, 0.29) is 6.04 Å². The molecule has 2 aliphatic rings. The number of ether oxygens (including phenoxy) is 2. The lowest BCUT2D eigenvalue weighted by molar-refractivity contribution is -0.129. The zero-order valence-corrected chi connectivity index (χ0v) is 9.98. The minimum atomic E-state index is -0.733. The average molecular weight is 230 g/mol. The van der Waals surface area contributed by atoms with E-state index >= 15 is 0 Å². The lowest BCUT2D eigenvalue weighted by Crippen LogP contribution is -2.45. The SMILES string of the molecule is CCOC(O)C1NNC2COC(CC)CC21. The molecule has 3 N–H and O–H groups in total. The van der Waals surface area contributed by atoms with Crippen LogP contribution in [-0.2, 0) is 9.47 Å². The fourth-order valence-corrected chi connectivity index (χ4v) is 2.60. The Morgan fingerprint density at radius 1 is 1.44 bits per heavy atom. The first-order valence-corrected chi connectivity index (χ1v) is 6.18. The van der Waals surface area contributed by atoms with Gasteiger partial charge in [-0.15, -0.1) is 0 Å². The van der Waals surface area contributed by atoms with Crippen molar-refractivity contribution in [3.8, 4) is 0 Å². The van der Waals surface area contributed by atoms with Crippen molar-refractivity contribution in [2.45, 2.75) is 51.2 Å². The van der Waals surface area contributed by atoms with Crippen molar-refractivity contribution in [2.24, 2.45) is 5.92 Å². The average Bonchev–Trinajstić information content (AvgIpc) is 2.71. The van der Waals surface area contributed by atoms with E-state index in [1.54, 1.807) is 0 Å². The summed E-state index contributed by atoms with van der Waals surface area (Å²) in [5, 5.41) is 9.88. The summed E-state index contributed by atoms with van der Waals surface area (Å²) in [6, 6.07) is 0.269. The highest BCUT2D eigenvalue weighted by Gasteiger charge is 2.43. The Kier molecular flexibility index (Phi) is 4.16. The number of aliphatic hydroxyl groups is 1. The fourth-order valence-electron chi connectivity index (χ4n) is 2.60. The molecule has 2 aliphatic heterocycles. The van der Waals surface area contributed by atoms with Gasteiger partial charge in [-0.05, 0) is 19.8 Å². The van der Waals surface area contributed by atoms with Gasteiger partial charge in [0.1, 0.15) is 0 Å². The molecule has 0 aromatic carbocycles. The molecule has 0 aromatic rings. The molecule has 0 saturated carbocycles. The van der Waals surface area contributed by atoms with Crippen LogP contribution in [0.4, 0.5) is 0 Å². The minimum absolute atomic E-state index is 0.0251. The summed E-state index contributed by atoms with van der Waals surface area (Å²) in [6.07, 6.45) is 1.60. The molecule has 2 heterocycles. The van der Waals surface area contributed by atoms with Gasteiger partial charge >= 0.3 is 0 Å². The smallest absolute Gasteiger partial charge is 0.171 e. The van der Waals surface area contributed by atoms with Gasteiger partial charge in [0.25, 0.3) is 0 Å². The molecule has 2 rings (SSSR count). The predicted octanol–water partition coefficient (Wildman–Crippen LogP) is 0.00140. The molecule has 0 spiro atoms. The van der Waals surface area contributed by atoms with E-state index in [1.807, 2.05) is 6.92 Å². The quantitative estimate of drug-likeness (QED) is 0.593. The third-order valence-electron chi connectivity index (χ3n) is 3.56. The van der Waals surface area contributed by atoms with E-state index in [9.17, 15) is 5.11 Å². The molecule has 5 nitrogen and oxygen atoms in total. The summed E-state index contributed by atoms with van der Waals surface area (Å²) in [7, 11) is 0. The molecule has 0 bridgehead atoms. The molecule has 5 atom stereocenters. The Labute approximate surface area is 96.5 Å². The van der Waals surface area contributed by atoms with Gasteiger partial charge in [0.05, 0.1) is 18.8 Å². The molecular weight excluding hydrogens is 208 g/mol. The highest BCUT2D eigenvalue weighted by Crippen LogP contribution is 2.29. The van der Waals surface area contributed by atoms with Gasteiger partial charge < -0.3 is 14.6 Å². The van der Waals surface area contributed by atoms with Gasteiger partial charge in [0.2, 0.25) is 0 Å². The Morgan fingerprint density at radius 3 is 2.94 bits per heavy atom. The number of hydrogen-bond donors (Lipinski definition) is 3. The Morgan fingerprint density at radius 2 is 2.25 bits per heavy atom. The van der Waals surface area contributed by atoms with Gasteiger partial charge in [-0.2, -0.15) is 0 Å². The van der Waals surface area contributed by atoms with Gasteiger partial charge in [-0.25, -0.2) is 5.43 Å². The van der Waals surface area contributed by atoms with Crippen molar-refractivity contribution in [3.63, 3.8) is 0 Å². The molecule has 2 saturated heterocycles.